The van der Waals surface area contributed by atoms with Crippen molar-refractivity contribution in [3.63, 3.8) is 0 Å². The Morgan fingerprint density at radius 1 is 1.30 bits per heavy atom. The number of nitrogens with zero attached hydrogens (tertiary/aromatic N) is 3. The second-order valence-electron chi connectivity index (χ2n) is 4.00. The lowest BCUT2D eigenvalue weighted by atomic mass is 10.1. The minimum atomic E-state index is 0.359. The van der Waals surface area contributed by atoms with Gasteiger partial charge in [0.05, 0.1) is 11.4 Å². The number of halogens is 1. The lowest BCUT2D eigenvalue weighted by Crippen LogP contribution is -2.08. The van der Waals surface area contributed by atoms with Crippen molar-refractivity contribution in [2.24, 2.45) is 5.16 Å². The minimum absolute atomic E-state index is 0.359. The summed E-state index contributed by atoms with van der Waals surface area (Å²) in [5.74, 6) is 0. The van der Waals surface area contributed by atoms with Gasteiger partial charge in [-0.1, -0.05) is 41.5 Å². The Bertz CT molecular complexity index is 582. The Morgan fingerprint density at radius 2 is 2.10 bits per heavy atom. The van der Waals surface area contributed by atoms with Gasteiger partial charge in [0.15, 0.2) is 0 Å². The van der Waals surface area contributed by atoms with E-state index in [-0.39, 0.29) is 0 Å². The number of aromatic nitrogens is 2. The Morgan fingerprint density at radius 3 is 2.75 bits per heavy atom. The second-order valence-corrected chi connectivity index (χ2v) is 4.44. The molecule has 0 fully saturated rings. The number of benzene rings is 1. The molecule has 0 atom stereocenters. The quantitative estimate of drug-likeness (QED) is 0.354. The van der Waals surface area contributed by atoms with Gasteiger partial charge in [-0.15, -0.1) is 0 Å². The van der Waals surface area contributed by atoms with Crippen LogP contribution in [0.3, 0.4) is 0 Å². The van der Waals surface area contributed by atoms with Crippen molar-refractivity contribution < 1.29 is 4.84 Å². The zero-order valence-corrected chi connectivity index (χ0v) is 11.6. The van der Waals surface area contributed by atoms with Crippen molar-refractivity contribution in [1.82, 2.24) is 9.97 Å². The van der Waals surface area contributed by atoms with Crippen LogP contribution < -0.4 is 0 Å². The summed E-state index contributed by atoms with van der Waals surface area (Å²) in [5.41, 5.74) is 2.52. The monoisotopic (exact) mass is 287 g/mol. The molecule has 102 valence electrons. The smallest absolute Gasteiger partial charge is 0.135 e. The van der Waals surface area contributed by atoms with Gasteiger partial charge < -0.3 is 4.84 Å². The molecular weight excluding hydrogens is 274 g/mol. The van der Waals surface area contributed by atoms with Gasteiger partial charge >= 0.3 is 0 Å². The Kier molecular flexibility index (Phi) is 5.26. The van der Waals surface area contributed by atoms with E-state index < -0.39 is 0 Å². The van der Waals surface area contributed by atoms with E-state index in [9.17, 15) is 0 Å². The Balaban J connectivity index is 2.22. The lowest BCUT2D eigenvalue weighted by Gasteiger charge is -2.06. The predicted octanol–water partition coefficient (Wildman–Crippen LogP) is 3.28. The summed E-state index contributed by atoms with van der Waals surface area (Å²) < 4.78 is 0. The lowest BCUT2D eigenvalue weighted by molar-refractivity contribution is 0.174. The average molecular weight is 288 g/mol. The number of rotatable bonds is 6. The largest absolute Gasteiger partial charge is 0.391 e. The van der Waals surface area contributed by atoms with Crippen LogP contribution in [0.4, 0.5) is 0 Å². The molecule has 0 spiro atoms. The van der Waals surface area contributed by atoms with Crippen molar-refractivity contribution in [3.05, 3.63) is 71.8 Å². The van der Waals surface area contributed by atoms with Crippen LogP contribution in [0.25, 0.3) is 0 Å². The molecule has 0 radical (unpaired) electrons. The van der Waals surface area contributed by atoms with Gasteiger partial charge in [-0.3, -0.25) is 9.97 Å². The highest BCUT2D eigenvalue weighted by atomic mass is 35.5. The van der Waals surface area contributed by atoms with E-state index in [0.717, 1.165) is 17.0 Å². The fourth-order valence-corrected chi connectivity index (χ4v) is 1.72. The van der Waals surface area contributed by atoms with Gasteiger partial charge in [-0.2, -0.15) is 0 Å². The molecule has 0 bridgehead atoms. The second kappa shape index (κ2) is 7.40. The fraction of sp³-hybridized carbons (Fsp3) is 0.133. The van der Waals surface area contributed by atoms with Crippen molar-refractivity contribution in [2.45, 2.75) is 6.42 Å². The predicted molar refractivity (Wildman–Crippen MR) is 79.9 cm³/mol. The first-order valence-electron chi connectivity index (χ1n) is 6.10. The fourth-order valence-electron chi connectivity index (χ4n) is 1.59. The van der Waals surface area contributed by atoms with Crippen molar-refractivity contribution >= 4 is 17.3 Å². The zero-order chi connectivity index (χ0) is 14.2. The van der Waals surface area contributed by atoms with Crippen LogP contribution in [0.5, 0.6) is 0 Å². The van der Waals surface area contributed by atoms with Gasteiger partial charge in [0.2, 0.25) is 0 Å². The van der Waals surface area contributed by atoms with Crippen LogP contribution in [0, 0.1) is 0 Å². The van der Waals surface area contributed by atoms with Gasteiger partial charge in [-0.05, 0) is 17.7 Å². The molecule has 1 aromatic heterocycles. The summed E-state index contributed by atoms with van der Waals surface area (Å²) in [6.07, 6.45) is 7.17. The SMILES string of the molecule is C=CCON=C(Cc1cnccn1)c1ccc(Cl)cc1. The molecule has 1 heterocycles. The van der Waals surface area contributed by atoms with E-state index in [1.807, 2.05) is 24.3 Å². The summed E-state index contributed by atoms with van der Waals surface area (Å²) in [5, 5.41) is 4.82. The van der Waals surface area contributed by atoms with Crippen molar-refractivity contribution in [1.29, 1.82) is 0 Å². The summed E-state index contributed by atoms with van der Waals surface area (Å²) in [4.78, 5) is 13.5. The van der Waals surface area contributed by atoms with Crippen LogP contribution >= 0.6 is 11.6 Å². The molecule has 0 N–H and O–H groups in total. The molecule has 20 heavy (non-hydrogen) atoms. The Hall–Kier alpha value is -2.20. The van der Waals surface area contributed by atoms with Crippen LogP contribution in [0.15, 0.2) is 60.7 Å². The first kappa shape index (κ1) is 14.2. The van der Waals surface area contributed by atoms with Crippen LogP contribution in [-0.2, 0) is 11.3 Å². The van der Waals surface area contributed by atoms with E-state index in [1.165, 1.54) is 0 Å². The summed E-state index contributed by atoms with van der Waals surface area (Å²) in [6.45, 7) is 3.95. The third-order valence-electron chi connectivity index (χ3n) is 2.51. The molecular formula is C15H14ClN3O. The molecule has 0 aliphatic carbocycles. The molecule has 0 saturated heterocycles. The third kappa shape index (κ3) is 4.17. The molecule has 0 aliphatic rings. The van der Waals surface area contributed by atoms with Gasteiger partial charge in [0.25, 0.3) is 0 Å². The summed E-state index contributed by atoms with van der Waals surface area (Å²) >= 11 is 5.90. The molecule has 0 unspecified atom stereocenters. The number of oxime groups is 1. The van der Waals surface area contributed by atoms with E-state index in [2.05, 4.69) is 21.7 Å². The maximum absolute atomic E-state index is 5.90. The number of hydrogen-bond acceptors (Lipinski definition) is 4. The normalized spacial score (nSPS) is 11.2. The molecule has 5 heteroatoms. The third-order valence-corrected chi connectivity index (χ3v) is 2.76. The highest BCUT2D eigenvalue weighted by molar-refractivity contribution is 6.30. The summed E-state index contributed by atoms with van der Waals surface area (Å²) in [7, 11) is 0. The van der Waals surface area contributed by atoms with Gasteiger partial charge in [0.1, 0.15) is 6.61 Å². The van der Waals surface area contributed by atoms with Gasteiger partial charge in [0, 0.05) is 30.0 Å². The first-order chi connectivity index (χ1) is 9.79. The van der Waals surface area contributed by atoms with Crippen LogP contribution in [-0.4, -0.2) is 22.3 Å². The zero-order valence-electron chi connectivity index (χ0n) is 10.9. The molecule has 2 aromatic rings. The van der Waals surface area contributed by atoms with E-state index >= 15 is 0 Å². The first-order valence-corrected chi connectivity index (χ1v) is 6.48. The summed E-state index contributed by atoms with van der Waals surface area (Å²) in [6, 6.07) is 7.43. The van der Waals surface area contributed by atoms with Crippen molar-refractivity contribution in [3.8, 4) is 0 Å². The van der Waals surface area contributed by atoms with E-state index in [0.29, 0.717) is 18.1 Å². The standard InChI is InChI=1S/C15H14ClN3O/c1-2-9-20-19-15(10-14-11-17-7-8-18-14)12-3-5-13(16)6-4-12/h2-8,11H,1,9-10H2. The van der Waals surface area contributed by atoms with E-state index in [4.69, 9.17) is 16.4 Å². The van der Waals surface area contributed by atoms with Crippen LogP contribution in [0.2, 0.25) is 5.02 Å². The average Bonchev–Trinajstić information content (AvgIpc) is 2.48. The molecule has 4 nitrogen and oxygen atoms in total. The van der Waals surface area contributed by atoms with Gasteiger partial charge in [-0.25, -0.2) is 0 Å². The maximum atomic E-state index is 5.90. The minimum Gasteiger partial charge on any atom is -0.391 e. The molecule has 0 amide bonds. The highest BCUT2D eigenvalue weighted by Gasteiger charge is 2.07. The van der Waals surface area contributed by atoms with E-state index in [1.54, 1.807) is 24.7 Å². The molecule has 0 aliphatic heterocycles. The highest BCUT2D eigenvalue weighted by Crippen LogP contribution is 2.12. The van der Waals surface area contributed by atoms with Crippen LogP contribution in [0.1, 0.15) is 11.3 Å². The molecule has 0 saturated carbocycles. The maximum Gasteiger partial charge on any atom is 0.135 e. The topological polar surface area (TPSA) is 47.4 Å². The molecule has 1 aromatic carbocycles. The Labute approximate surface area is 122 Å². The van der Waals surface area contributed by atoms with Crippen molar-refractivity contribution in [2.75, 3.05) is 6.61 Å². The number of hydrogen-bond donors (Lipinski definition) is 0. The molecule has 2 rings (SSSR count).